The first-order valence-electron chi connectivity index (χ1n) is 10.1. The molecular formula is C23H28N4O3. The van der Waals surface area contributed by atoms with Crippen molar-refractivity contribution in [1.82, 2.24) is 10.4 Å². The van der Waals surface area contributed by atoms with Gasteiger partial charge >= 0.3 is 0 Å². The van der Waals surface area contributed by atoms with Crippen LogP contribution in [0.3, 0.4) is 0 Å². The zero-order chi connectivity index (χ0) is 21.6. The second-order valence-electron chi connectivity index (χ2n) is 7.97. The van der Waals surface area contributed by atoms with Crippen molar-refractivity contribution in [2.45, 2.75) is 24.9 Å². The van der Waals surface area contributed by atoms with Crippen LogP contribution in [0.5, 0.6) is 0 Å². The maximum Gasteiger partial charge on any atom is 0.274 e. The standard InChI is InChI=1S/C23H28N4O3/c1-26(21-8-6-20(7-9-21)22(28)25-30)17-23(29)11-14-27(15-12-23)13-10-18-2-4-19(16-24)5-3-18/h2-9,29-30H,10-15,17H2,1H3,(H,25,28). The first-order chi connectivity index (χ1) is 14.4. The van der Waals surface area contributed by atoms with E-state index in [-0.39, 0.29) is 0 Å². The SMILES string of the molecule is CN(CC1(O)CCN(CCc2ccc(C#N)cc2)CC1)c1ccc(C(=O)NO)cc1. The number of hydrogen-bond donors (Lipinski definition) is 3. The molecule has 0 aromatic heterocycles. The van der Waals surface area contributed by atoms with E-state index in [4.69, 9.17) is 10.5 Å². The molecule has 2 aromatic rings. The number of hydrogen-bond acceptors (Lipinski definition) is 6. The summed E-state index contributed by atoms with van der Waals surface area (Å²) in [5.41, 5.74) is 4.05. The Morgan fingerprint density at radius 3 is 2.37 bits per heavy atom. The molecule has 0 aliphatic carbocycles. The Hall–Kier alpha value is -2.92. The number of likely N-dealkylation sites (N-methyl/N-ethyl adjacent to an activating group) is 1. The maximum absolute atomic E-state index is 11.4. The van der Waals surface area contributed by atoms with Crippen LogP contribution in [0.25, 0.3) is 0 Å². The number of anilines is 1. The van der Waals surface area contributed by atoms with Gasteiger partial charge in [-0.3, -0.25) is 10.0 Å². The summed E-state index contributed by atoms with van der Waals surface area (Å²) in [6.07, 6.45) is 2.34. The Labute approximate surface area is 177 Å². The van der Waals surface area contributed by atoms with E-state index in [9.17, 15) is 9.90 Å². The fraction of sp³-hybridized carbons (Fsp3) is 0.391. The molecule has 1 saturated heterocycles. The number of rotatable bonds is 7. The first kappa shape index (κ1) is 21.8. The second kappa shape index (κ2) is 9.72. The van der Waals surface area contributed by atoms with Crippen molar-refractivity contribution in [2.24, 2.45) is 0 Å². The lowest BCUT2D eigenvalue weighted by atomic mass is 9.90. The molecule has 0 bridgehead atoms. The lowest BCUT2D eigenvalue weighted by Crippen LogP contribution is -2.50. The molecule has 0 unspecified atom stereocenters. The van der Waals surface area contributed by atoms with Crippen LogP contribution in [0.15, 0.2) is 48.5 Å². The number of nitrogens with zero attached hydrogens (tertiary/aromatic N) is 3. The largest absolute Gasteiger partial charge is 0.388 e. The number of likely N-dealkylation sites (tertiary alicyclic amines) is 1. The minimum absolute atomic E-state index is 0.379. The van der Waals surface area contributed by atoms with Crippen LogP contribution in [-0.4, -0.2) is 59.9 Å². The number of piperidine rings is 1. The summed E-state index contributed by atoms with van der Waals surface area (Å²) in [6.45, 7) is 3.14. The van der Waals surface area contributed by atoms with Crippen LogP contribution in [-0.2, 0) is 6.42 Å². The number of carbonyl (C=O) groups excluding carboxylic acids is 1. The fourth-order valence-electron chi connectivity index (χ4n) is 3.85. The Morgan fingerprint density at radius 1 is 1.17 bits per heavy atom. The smallest absolute Gasteiger partial charge is 0.274 e. The molecule has 0 atom stereocenters. The molecule has 1 heterocycles. The van der Waals surface area contributed by atoms with Gasteiger partial charge in [0.2, 0.25) is 0 Å². The molecule has 1 aliphatic rings. The summed E-state index contributed by atoms with van der Waals surface area (Å²) < 4.78 is 0. The average Bonchev–Trinajstić information content (AvgIpc) is 2.78. The van der Waals surface area contributed by atoms with Gasteiger partial charge in [-0.15, -0.1) is 0 Å². The van der Waals surface area contributed by atoms with Gasteiger partial charge in [-0.25, -0.2) is 5.48 Å². The predicted molar refractivity (Wildman–Crippen MR) is 114 cm³/mol. The van der Waals surface area contributed by atoms with Crippen molar-refractivity contribution >= 4 is 11.6 Å². The zero-order valence-corrected chi connectivity index (χ0v) is 17.2. The summed E-state index contributed by atoms with van der Waals surface area (Å²) in [6, 6.07) is 16.7. The van der Waals surface area contributed by atoms with Crippen molar-refractivity contribution in [1.29, 1.82) is 5.26 Å². The molecular weight excluding hydrogens is 380 g/mol. The summed E-state index contributed by atoms with van der Waals surface area (Å²) in [7, 11) is 1.93. The van der Waals surface area contributed by atoms with E-state index in [1.165, 1.54) is 5.56 Å². The van der Waals surface area contributed by atoms with E-state index in [1.54, 1.807) is 29.7 Å². The Morgan fingerprint density at radius 2 is 1.80 bits per heavy atom. The number of benzene rings is 2. The summed E-state index contributed by atoms with van der Waals surface area (Å²) in [4.78, 5) is 15.8. The van der Waals surface area contributed by atoms with Crippen LogP contribution in [0.4, 0.5) is 5.69 Å². The lowest BCUT2D eigenvalue weighted by molar-refractivity contribution is -0.0137. The average molecular weight is 409 g/mol. The third kappa shape index (κ3) is 5.57. The van der Waals surface area contributed by atoms with Gasteiger partial charge in [0.05, 0.1) is 17.2 Å². The normalized spacial score (nSPS) is 15.9. The minimum Gasteiger partial charge on any atom is -0.388 e. The van der Waals surface area contributed by atoms with Gasteiger partial charge in [-0.1, -0.05) is 12.1 Å². The number of aliphatic hydroxyl groups is 1. The summed E-state index contributed by atoms with van der Waals surface area (Å²) in [5, 5.41) is 28.6. The van der Waals surface area contributed by atoms with Crippen LogP contribution in [0.1, 0.15) is 34.3 Å². The minimum atomic E-state index is -0.749. The molecule has 3 rings (SSSR count). The van der Waals surface area contributed by atoms with Crippen molar-refractivity contribution in [2.75, 3.05) is 38.1 Å². The number of hydroxylamine groups is 1. The van der Waals surface area contributed by atoms with Gasteiger partial charge in [0.15, 0.2) is 0 Å². The number of carbonyl (C=O) groups is 1. The molecule has 7 heteroatoms. The van der Waals surface area contributed by atoms with E-state index < -0.39 is 11.5 Å². The van der Waals surface area contributed by atoms with Crippen LogP contribution >= 0.6 is 0 Å². The topological polar surface area (TPSA) is 99.8 Å². The van der Waals surface area contributed by atoms with Gasteiger partial charge in [0.25, 0.3) is 5.91 Å². The van der Waals surface area contributed by atoms with Crippen molar-refractivity contribution in [3.05, 3.63) is 65.2 Å². The van der Waals surface area contributed by atoms with Crippen LogP contribution in [0, 0.1) is 11.3 Å². The highest BCUT2D eigenvalue weighted by Gasteiger charge is 2.33. The molecule has 1 fully saturated rings. The molecule has 2 aromatic carbocycles. The van der Waals surface area contributed by atoms with Gasteiger partial charge in [-0.2, -0.15) is 5.26 Å². The molecule has 0 saturated carbocycles. The Kier molecular flexibility index (Phi) is 7.06. The van der Waals surface area contributed by atoms with Crippen LogP contribution < -0.4 is 10.4 Å². The lowest BCUT2D eigenvalue weighted by Gasteiger charge is -2.40. The van der Waals surface area contributed by atoms with Gasteiger partial charge < -0.3 is 14.9 Å². The Bertz CT molecular complexity index is 882. The van der Waals surface area contributed by atoms with Crippen molar-refractivity contribution < 1.29 is 15.1 Å². The second-order valence-corrected chi connectivity index (χ2v) is 7.97. The highest BCUT2D eigenvalue weighted by atomic mass is 16.5. The predicted octanol–water partition coefficient (Wildman–Crippen LogP) is 2.18. The molecule has 158 valence electrons. The zero-order valence-electron chi connectivity index (χ0n) is 17.2. The van der Waals surface area contributed by atoms with Gasteiger partial charge in [0, 0.05) is 44.5 Å². The van der Waals surface area contributed by atoms with Gasteiger partial charge in [-0.05, 0) is 61.2 Å². The number of amides is 1. The fourth-order valence-corrected chi connectivity index (χ4v) is 3.85. The Balaban J connectivity index is 1.47. The highest BCUT2D eigenvalue weighted by Crippen LogP contribution is 2.25. The van der Waals surface area contributed by atoms with E-state index in [0.717, 1.165) is 31.7 Å². The van der Waals surface area contributed by atoms with Gasteiger partial charge in [0.1, 0.15) is 0 Å². The number of nitrogens with one attached hydrogen (secondary N) is 1. The molecule has 0 spiro atoms. The molecule has 1 amide bonds. The van der Waals surface area contributed by atoms with E-state index in [2.05, 4.69) is 11.0 Å². The summed E-state index contributed by atoms with van der Waals surface area (Å²) >= 11 is 0. The number of nitriles is 1. The molecule has 7 nitrogen and oxygen atoms in total. The first-order valence-corrected chi connectivity index (χ1v) is 10.1. The molecule has 0 radical (unpaired) electrons. The van der Waals surface area contributed by atoms with E-state index >= 15 is 0 Å². The monoisotopic (exact) mass is 408 g/mol. The van der Waals surface area contributed by atoms with E-state index in [0.29, 0.717) is 30.5 Å². The van der Waals surface area contributed by atoms with Crippen molar-refractivity contribution in [3.8, 4) is 6.07 Å². The molecule has 30 heavy (non-hydrogen) atoms. The van der Waals surface area contributed by atoms with Crippen LogP contribution in [0.2, 0.25) is 0 Å². The van der Waals surface area contributed by atoms with E-state index in [1.807, 2.05) is 36.2 Å². The molecule has 3 N–H and O–H groups in total. The third-order valence-corrected chi connectivity index (χ3v) is 5.79. The maximum atomic E-state index is 11.4. The summed E-state index contributed by atoms with van der Waals surface area (Å²) in [5.74, 6) is -0.545. The third-order valence-electron chi connectivity index (χ3n) is 5.79. The quantitative estimate of drug-likeness (QED) is 0.480. The molecule has 1 aliphatic heterocycles. The highest BCUT2D eigenvalue weighted by molar-refractivity contribution is 5.93. The van der Waals surface area contributed by atoms with Crippen molar-refractivity contribution in [3.63, 3.8) is 0 Å².